The van der Waals surface area contributed by atoms with Crippen LogP contribution in [0.2, 0.25) is 0 Å². The van der Waals surface area contributed by atoms with Gasteiger partial charge in [-0.05, 0) is 31.0 Å². The third-order valence-corrected chi connectivity index (χ3v) is 8.62. The molecule has 5 amide bonds. The minimum Gasteiger partial charge on any atom is -0.453 e. The molecule has 0 saturated carbocycles. The van der Waals surface area contributed by atoms with Crippen molar-refractivity contribution in [3.63, 3.8) is 0 Å². The highest BCUT2D eigenvalue weighted by Crippen LogP contribution is 2.26. The molecule has 4 rings (SSSR count). The second-order valence-electron chi connectivity index (χ2n) is 12.0. The molecule has 48 heavy (non-hydrogen) atoms. The molecule has 1 aromatic heterocycles. The summed E-state index contributed by atoms with van der Waals surface area (Å²) in [7, 11) is 1.37. The third kappa shape index (κ3) is 10.6. The summed E-state index contributed by atoms with van der Waals surface area (Å²) in [5.41, 5.74) is 1.93. The molecule has 12 heteroatoms. The number of carbonyl (C=O) groups is 5. The first-order valence-electron chi connectivity index (χ1n) is 17.0. The van der Waals surface area contributed by atoms with Crippen LogP contribution in [0.4, 0.5) is 15.3 Å². The molecular formula is C36H48N6O6. The number of rotatable bonds is 17. The highest BCUT2D eigenvalue weighted by atomic mass is 16.5. The number of anilines is 1. The number of methoxy groups -OCH3 is 1. The standard InChI is InChI=1S/C36H48N6O6/c1-48-36(47)38-21-14-9-7-5-3-2-4-6-8-13-20-37-35(46)40-30-19-15-18-28-29(26-39-31(28)30)32(43)34(45)42-24-22-41(23-25-42)33(44)27-16-11-10-12-17-27/h10-12,15-19,26,39H,2-9,13-14,20-25H2,1H3,(H,38,47)(H2,37,40,46). The van der Waals surface area contributed by atoms with Crippen LogP contribution in [0.1, 0.15) is 84.9 Å². The number of benzene rings is 2. The van der Waals surface area contributed by atoms with E-state index in [1.807, 2.05) is 18.2 Å². The number of amides is 5. The second kappa shape index (κ2) is 19.1. The first-order valence-corrected chi connectivity index (χ1v) is 17.0. The number of nitrogens with one attached hydrogen (secondary N) is 4. The van der Waals surface area contributed by atoms with Gasteiger partial charge in [-0.15, -0.1) is 0 Å². The van der Waals surface area contributed by atoms with Gasteiger partial charge in [0.25, 0.3) is 17.6 Å². The lowest BCUT2D eigenvalue weighted by molar-refractivity contribution is -0.127. The zero-order chi connectivity index (χ0) is 34.1. The van der Waals surface area contributed by atoms with Crippen molar-refractivity contribution in [3.05, 3.63) is 65.9 Å². The van der Waals surface area contributed by atoms with E-state index in [0.29, 0.717) is 48.3 Å². The van der Waals surface area contributed by atoms with Crippen LogP contribution in [0.25, 0.3) is 10.9 Å². The van der Waals surface area contributed by atoms with Crippen LogP contribution < -0.4 is 16.0 Å². The van der Waals surface area contributed by atoms with Crippen LogP contribution in [-0.2, 0) is 9.53 Å². The van der Waals surface area contributed by atoms with Crippen LogP contribution in [0.15, 0.2) is 54.7 Å². The summed E-state index contributed by atoms with van der Waals surface area (Å²) in [6.45, 7) is 2.48. The number of nitrogens with zero attached hydrogens (tertiary/aromatic N) is 2. The molecule has 1 aliphatic heterocycles. The summed E-state index contributed by atoms with van der Waals surface area (Å²) in [5, 5.41) is 9.01. The smallest absolute Gasteiger partial charge is 0.406 e. The summed E-state index contributed by atoms with van der Waals surface area (Å²) < 4.78 is 4.55. The Labute approximate surface area is 281 Å². The Morgan fingerprint density at radius 1 is 0.708 bits per heavy atom. The van der Waals surface area contributed by atoms with Crippen LogP contribution in [0.3, 0.4) is 0 Å². The first kappa shape index (κ1) is 36.0. The zero-order valence-corrected chi connectivity index (χ0v) is 27.9. The molecule has 0 spiro atoms. The van der Waals surface area contributed by atoms with E-state index in [1.54, 1.807) is 35.2 Å². The van der Waals surface area contributed by atoms with Crippen molar-refractivity contribution in [2.45, 2.75) is 64.2 Å². The number of alkyl carbamates (subject to hydrolysis) is 1. The van der Waals surface area contributed by atoms with Gasteiger partial charge in [-0.3, -0.25) is 14.4 Å². The minimum absolute atomic E-state index is 0.0896. The van der Waals surface area contributed by atoms with Crippen molar-refractivity contribution in [1.82, 2.24) is 25.4 Å². The number of carbonyl (C=O) groups excluding carboxylic acids is 5. The maximum atomic E-state index is 13.3. The maximum absolute atomic E-state index is 13.3. The molecule has 12 nitrogen and oxygen atoms in total. The first-order chi connectivity index (χ1) is 23.4. The Morgan fingerprint density at radius 2 is 1.29 bits per heavy atom. The van der Waals surface area contributed by atoms with E-state index < -0.39 is 11.7 Å². The fourth-order valence-corrected chi connectivity index (χ4v) is 5.88. The maximum Gasteiger partial charge on any atom is 0.406 e. The summed E-state index contributed by atoms with van der Waals surface area (Å²) in [5.74, 6) is -1.33. The molecule has 0 radical (unpaired) electrons. The molecule has 0 atom stereocenters. The van der Waals surface area contributed by atoms with E-state index in [-0.39, 0.29) is 36.7 Å². The van der Waals surface area contributed by atoms with Gasteiger partial charge in [-0.2, -0.15) is 0 Å². The van der Waals surface area contributed by atoms with Crippen LogP contribution in [-0.4, -0.2) is 90.9 Å². The number of unbranched alkanes of at least 4 members (excludes halogenated alkanes) is 9. The van der Waals surface area contributed by atoms with Crippen LogP contribution in [0.5, 0.6) is 0 Å². The molecule has 2 aromatic carbocycles. The predicted octanol–water partition coefficient (Wildman–Crippen LogP) is 5.71. The highest BCUT2D eigenvalue weighted by molar-refractivity contribution is 6.45. The van der Waals surface area contributed by atoms with Gasteiger partial charge in [0.05, 0.1) is 23.9 Å². The lowest BCUT2D eigenvalue weighted by Crippen LogP contribution is -2.52. The van der Waals surface area contributed by atoms with E-state index in [4.69, 9.17) is 0 Å². The number of urea groups is 1. The van der Waals surface area contributed by atoms with Gasteiger partial charge in [0, 0.05) is 56.4 Å². The quantitative estimate of drug-likeness (QED) is 0.0826. The Bertz CT molecular complexity index is 1520. The van der Waals surface area contributed by atoms with Gasteiger partial charge in [-0.25, -0.2) is 9.59 Å². The molecule has 1 saturated heterocycles. The number of aromatic amines is 1. The van der Waals surface area contributed by atoms with Crippen molar-refractivity contribution >= 4 is 46.3 Å². The van der Waals surface area contributed by atoms with Crippen molar-refractivity contribution in [2.75, 3.05) is 51.7 Å². The molecule has 0 unspecified atom stereocenters. The van der Waals surface area contributed by atoms with Gasteiger partial charge in [0.2, 0.25) is 0 Å². The molecule has 3 aromatic rings. The van der Waals surface area contributed by atoms with Crippen molar-refractivity contribution < 1.29 is 28.7 Å². The molecule has 4 N–H and O–H groups in total. The minimum atomic E-state index is -0.629. The lowest BCUT2D eigenvalue weighted by atomic mass is 10.1. The molecule has 0 bridgehead atoms. The Hall–Kier alpha value is -4.87. The molecule has 1 fully saturated rings. The number of piperazine rings is 1. The third-order valence-electron chi connectivity index (χ3n) is 8.62. The number of ketones is 1. The summed E-state index contributed by atoms with van der Waals surface area (Å²) in [4.78, 5) is 69.0. The Balaban J connectivity index is 1.12. The number of hydrogen-bond acceptors (Lipinski definition) is 6. The number of Topliss-reactive ketones (excluding diaryl/α,β-unsaturated/α-hetero) is 1. The second-order valence-corrected chi connectivity index (χ2v) is 12.0. The molecule has 258 valence electrons. The van der Waals surface area contributed by atoms with Crippen molar-refractivity contribution in [2.24, 2.45) is 0 Å². The molecular weight excluding hydrogens is 612 g/mol. The monoisotopic (exact) mass is 660 g/mol. The normalized spacial score (nSPS) is 12.9. The molecule has 1 aliphatic rings. The number of hydrogen-bond donors (Lipinski definition) is 4. The average Bonchev–Trinajstić information content (AvgIpc) is 3.56. The Morgan fingerprint density at radius 3 is 1.92 bits per heavy atom. The zero-order valence-electron chi connectivity index (χ0n) is 27.9. The fourth-order valence-electron chi connectivity index (χ4n) is 5.88. The number of fused-ring (bicyclic) bond motifs is 1. The summed E-state index contributed by atoms with van der Waals surface area (Å²) in [6.07, 6.45) is 12.3. The van der Waals surface area contributed by atoms with Gasteiger partial charge in [-0.1, -0.05) is 81.7 Å². The Kier molecular flexibility index (Phi) is 14.3. The van der Waals surface area contributed by atoms with Crippen LogP contribution >= 0.6 is 0 Å². The largest absolute Gasteiger partial charge is 0.453 e. The number of aromatic nitrogens is 1. The number of para-hydroxylation sites is 1. The summed E-state index contributed by atoms with van der Waals surface area (Å²) >= 11 is 0. The number of ether oxygens (including phenoxy) is 1. The van der Waals surface area contributed by atoms with E-state index in [9.17, 15) is 24.0 Å². The van der Waals surface area contributed by atoms with E-state index >= 15 is 0 Å². The van der Waals surface area contributed by atoms with E-state index in [0.717, 1.165) is 32.1 Å². The van der Waals surface area contributed by atoms with Gasteiger partial charge >= 0.3 is 12.1 Å². The van der Waals surface area contributed by atoms with Gasteiger partial charge < -0.3 is 35.5 Å². The van der Waals surface area contributed by atoms with Crippen LogP contribution in [0, 0.1) is 0 Å². The fraction of sp³-hybridized carbons (Fsp3) is 0.472. The van der Waals surface area contributed by atoms with E-state index in [1.165, 1.54) is 50.3 Å². The highest BCUT2D eigenvalue weighted by Gasteiger charge is 2.30. The molecule has 0 aliphatic carbocycles. The average molecular weight is 661 g/mol. The predicted molar refractivity (Wildman–Crippen MR) is 185 cm³/mol. The van der Waals surface area contributed by atoms with Crippen molar-refractivity contribution in [3.8, 4) is 0 Å². The molecule has 2 heterocycles. The lowest BCUT2D eigenvalue weighted by Gasteiger charge is -2.34. The SMILES string of the molecule is COC(=O)NCCCCCCCCCCCCNC(=O)Nc1cccc2c(C(=O)C(=O)N3CCN(C(=O)c4ccccc4)CC3)c[nH]c12. The van der Waals surface area contributed by atoms with E-state index in [2.05, 4.69) is 25.7 Å². The van der Waals surface area contributed by atoms with Crippen molar-refractivity contribution in [1.29, 1.82) is 0 Å². The summed E-state index contributed by atoms with van der Waals surface area (Å²) in [6, 6.07) is 13.9. The van der Waals surface area contributed by atoms with Gasteiger partial charge in [0.1, 0.15) is 0 Å². The number of H-pyrrole nitrogens is 1. The topological polar surface area (TPSA) is 153 Å². The van der Waals surface area contributed by atoms with Gasteiger partial charge in [0.15, 0.2) is 0 Å².